The van der Waals surface area contributed by atoms with Gasteiger partial charge in [-0.25, -0.2) is 4.79 Å². The van der Waals surface area contributed by atoms with Crippen LogP contribution in [0.5, 0.6) is 5.75 Å². The fourth-order valence-electron chi connectivity index (χ4n) is 5.45. The Labute approximate surface area is 199 Å². The molecule has 2 aromatic heterocycles. The average molecular weight is 479 g/mol. The van der Waals surface area contributed by atoms with E-state index in [0.29, 0.717) is 37.4 Å². The van der Waals surface area contributed by atoms with Gasteiger partial charge in [0.2, 0.25) is 5.91 Å². The lowest BCUT2D eigenvalue weighted by Crippen LogP contribution is -2.49. The van der Waals surface area contributed by atoms with Gasteiger partial charge in [0.05, 0.1) is 12.0 Å². The maximum Gasteiger partial charge on any atom is 0.336 e. The molecule has 0 aliphatic carbocycles. The maximum atomic E-state index is 13.2. The van der Waals surface area contributed by atoms with Crippen LogP contribution in [0.1, 0.15) is 35.6 Å². The number of aromatic nitrogens is 1. The van der Waals surface area contributed by atoms with E-state index in [-0.39, 0.29) is 24.2 Å². The Balaban J connectivity index is 1.34. The van der Waals surface area contributed by atoms with Gasteiger partial charge < -0.3 is 18.6 Å². The minimum Gasteiger partial charge on any atom is -0.496 e. The summed E-state index contributed by atoms with van der Waals surface area (Å²) in [6, 6.07) is 7.94. The Kier molecular flexibility index (Phi) is 5.66. The van der Waals surface area contributed by atoms with E-state index in [1.807, 2.05) is 17.9 Å². The standard InChI is InChI=1S/C25H25N3O7/c1-14-7-24(30)35-22-10-21(34-2)16(9-18(14)22)3-6-23(29)26-11-15-8-17(13-26)19-4-5-20(28(32)33)25(31)27(19)12-15/h4-5,7,9-10,15,17H,3,6,8,11-13H2,1-2H3/t15-,17+/m0/s1. The molecule has 1 aromatic carbocycles. The predicted octanol–water partition coefficient (Wildman–Crippen LogP) is 2.76. The van der Waals surface area contributed by atoms with Crippen molar-refractivity contribution in [2.24, 2.45) is 5.92 Å². The summed E-state index contributed by atoms with van der Waals surface area (Å²) in [6.45, 7) is 3.21. The molecule has 10 heteroatoms. The molecule has 2 aliphatic rings. The zero-order valence-corrected chi connectivity index (χ0v) is 19.5. The second-order valence-electron chi connectivity index (χ2n) is 9.32. The van der Waals surface area contributed by atoms with Gasteiger partial charge in [0.15, 0.2) is 0 Å². The highest BCUT2D eigenvalue weighted by Gasteiger charge is 2.37. The van der Waals surface area contributed by atoms with Crippen molar-refractivity contribution in [1.29, 1.82) is 0 Å². The van der Waals surface area contributed by atoms with Crippen LogP contribution in [0.15, 0.2) is 44.3 Å². The number of aryl methyl sites for hydroxylation is 2. The first-order chi connectivity index (χ1) is 16.7. The lowest BCUT2D eigenvalue weighted by atomic mass is 9.83. The van der Waals surface area contributed by atoms with E-state index in [2.05, 4.69) is 0 Å². The normalized spacial score (nSPS) is 18.9. The molecule has 0 spiro atoms. The van der Waals surface area contributed by atoms with Crippen molar-refractivity contribution in [3.05, 3.63) is 78.0 Å². The summed E-state index contributed by atoms with van der Waals surface area (Å²) in [5.74, 6) is 0.617. The van der Waals surface area contributed by atoms with Gasteiger partial charge in [-0.15, -0.1) is 0 Å². The monoisotopic (exact) mass is 479 g/mol. The zero-order valence-electron chi connectivity index (χ0n) is 19.5. The molecule has 182 valence electrons. The van der Waals surface area contributed by atoms with Crippen LogP contribution < -0.4 is 15.9 Å². The van der Waals surface area contributed by atoms with E-state index < -0.39 is 21.8 Å². The Morgan fingerprint density at radius 3 is 2.74 bits per heavy atom. The fraction of sp³-hybridized carbons (Fsp3) is 0.400. The van der Waals surface area contributed by atoms with E-state index in [9.17, 15) is 24.5 Å². The van der Waals surface area contributed by atoms with Crippen molar-refractivity contribution in [3.63, 3.8) is 0 Å². The molecule has 10 nitrogen and oxygen atoms in total. The van der Waals surface area contributed by atoms with Gasteiger partial charge in [-0.3, -0.25) is 19.7 Å². The number of hydrogen-bond acceptors (Lipinski definition) is 7. The predicted molar refractivity (Wildman–Crippen MR) is 127 cm³/mol. The van der Waals surface area contributed by atoms with Crippen LogP contribution in [0.25, 0.3) is 11.0 Å². The SMILES string of the molecule is COc1cc2oc(=O)cc(C)c2cc1CCC(=O)N1C[C@@H]2C[C@H](C1)c1ccc([N+](=O)[O-])c(=O)n1C2. The summed E-state index contributed by atoms with van der Waals surface area (Å²) in [6.07, 6.45) is 1.60. The Bertz CT molecular complexity index is 1470. The van der Waals surface area contributed by atoms with Crippen molar-refractivity contribution in [2.45, 2.75) is 38.6 Å². The maximum absolute atomic E-state index is 13.2. The highest BCUT2D eigenvalue weighted by atomic mass is 16.6. The number of amides is 1. The molecule has 2 bridgehead atoms. The Hall–Kier alpha value is -3.95. The van der Waals surface area contributed by atoms with E-state index in [1.165, 1.54) is 23.8 Å². The third-order valence-electron chi connectivity index (χ3n) is 7.09. The van der Waals surface area contributed by atoms with Crippen LogP contribution in [0.3, 0.4) is 0 Å². The summed E-state index contributed by atoms with van der Waals surface area (Å²) < 4.78 is 12.3. The molecule has 0 N–H and O–H groups in total. The second-order valence-corrected chi connectivity index (χ2v) is 9.32. The lowest BCUT2D eigenvalue weighted by Gasteiger charge is -2.42. The van der Waals surface area contributed by atoms with Gasteiger partial charge >= 0.3 is 16.9 Å². The van der Waals surface area contributed by atoms with E-state index in [0.717, 1.165) is 28.6 Å². The molecule has 2 aliphatic heterocycles. The van der Waals surface area contributed by atoms with Gasteiger partial charge in [0, 0.05) is 61.3 Å². The number of nitrogens with zero attached hydrogens (tertiary/aromatic N) is 3. The number of methoxy groups -OCH3 is 1. The van der Waals surface area contributed by atoms with Crippen LogP contribution in [-0.2, 0) is 17.8 Å². The summed E-state index contributed by atoms with van der Waals surface area (Å²) in [5.41, 5.74) is 1.43. The summed E-state index contributed by atoms with van der Waals surface area (Å²) in [5, 5.41) is 11.9. The van der Waals surface area contributed by atoms with Crippen LogP contribution in [-0.4, -0.2) is 40.5 Å². The van der Waals surface area contributed by atoms with Gasteiger partial charge in [0.25, 0.3) is 0 Å². The van der Waals surface area contributed by atoms with E-state index in [1.54, 1.807) is 12.1 Å². The number of hydrogen-bond donors (Lipinski definition) is 0. The number of nitro groups is 1. The number of likely N-dealkylation sites (tertiary alicyclic amines) is 1. The summed E-state index contributed by atoms with van der Waals surface area (Å²) in [4.78, 5) is 49.8. The molecule has 3 aromatic rings. The third-order valence-corrected chi connectivity index (χ3v) is 7.09. The number of rotatable bonds is 5. The molecule has 1 amide bonds. The lowest BCUT2D eigenvalue weighted by molar-refractivity contribution is -0.386. The smallest absolute Gasteiger partial charge is 0.336 e. The molecule has 0 unspecified atom stereocenters. The zero-order chi connectivity index (χ0) is 24.9. The highest BCUT2D eigenvalue weighted by molar-refractivity contribution is 5.83. The van der Waals surface area contributed by atoms with Crippen molar-refractivity contribution in [2.75, 3.05) is 20.2 Å². The van der Waals surface area contributed by atoms with Crippen LogP contribution >= 0.6 is 0 Å². The summed E-state index contributed by atoms with van der Waals surface area (Å²) in [7, 11) is 1.54. The molecule has 5 rings (SSSR count). The molecule has 4 heterocycles. The number of fused-ring (bicyclic) bond motifs is 5. The molecular weight excluding hydrogens is 454 g/mol. The Morgan fingerprint density at radius 1 is 1.20 bits per heavy atom. The van der Waals surface area contributed by atoms with Gasteiger partial charge in [-0.05, 0) is 48.9 Å². The van der Waals surface area contributed by atoms with Gasteiger partial charge in [-0.2, -0.15) is 0 Å². The summed E-state index contributed by atoms with van der Waals surface area (Å²) >= 11 is 0. The molecule has 2 atom stereocenters. The first kappa shape index (κ1) is 22.8. The molecule has 0 radical (unpaired) electrons. The first-order valence-electron chi connectivity index (χ1n) is 11.5. The number of pyridine rings is 1. The third kappa shape index (κ3) is 4.09. The topological polar surface area (TPSA) is 125 Å². The van der Waals surface area contributed by atoms with Crippen LogP contribution in [0.4, 0.5) is 5.69 Å². The quantitative estimate of drug-likeness (QED) is 0.313. The largest absolute Gasteiger partial charge is 0.496 e. The number of ether oxygens (including phenoxy) is 1. The molecular formula is C25H25N3O7. The van der Waals surface area contributed by atoms with Crippen molar-refractivity contribution in [3.8, 4) is 5.75 Å². The Morgan fingerprint density at radius 2 is 2.00 bits per heavy atom. The van der Waals surface area contributed by atoms with Crippen molar-refractivity contribution < 1.29 is 18.9 Å². The molecule has 0 saturated carbocycles. The number of carbonyl (C=O) groups is 1. The van der Waals surface area contributed by atoms with E-state index in [4.69, 9.17) is 9.15 Å². The van der Waals surface area contributed by atoms with Crippen molar-refractivity contribution in [1.82, 2.24) is 9.47 Å². The molecule has 1 saturated heterocycles. The minimum atomic E-state index is -0.647. The first-order valence-corrected chi connectivity index (χ1v) is 11.5. The van der Waals surface area contributed by atoms with Crippen LogP contribution in [0.2, 0.25) is 0 Å². The number of benzene rings is 1. The second kappa shape index (κ2) is 8.68. The van der Waals surface area contributed by atoms with Crippen molar-refractivity contribution >= 4 is 22.6 Å². The van der Waals surface area contributed by atoms with Crippen LogP contribution in [0, 0.1) is 23.0 Å². The van der Waals surface area contributed by atoms with Gasteiger partial charge in [-0.1, -0.05) is 0 Å². The molecule has 35 heavy (non-hydrogen) atoms. The number of piperidine rings is 1. The highest BCUT2D eigenvalue weighted by Crippen LogP contribution is 2.36. The fourth-order valence-corrected chi connectivity index (χ4v) is 5.45. The average Bonchev–Trinajstić information content (AvgIpc) is 2.82. The molecule has 1 fully saturated rings. The number of carbonyl (C=O) groups excluding carboxylic acids is 1. The minimum absolute atomic E-state index is 0.0101. The van der Waals surface area contributed by atoms with E-state index >= 15 is 0 Å². The van der Waals surface area contributed by atoms with Gasteiger partial charge in [0.1, 0.15) is 11.3 Å².